The number of aryl methyl sites for hydroxylation is 1. The van der Waals surface area contributed by atoms with Crippen molar-refractivity contribution in [3.8, 4) is 0 Å². The lowest BCUT2D eigenvalue weighted by atomic mass is 10.0. The Kier molecular flexibility index (Phi) is 5.28. The molecule has 4 N–H and O–H groups in total. The molecule has 1 aromatic rings. The summed E-state index contributed by atoms with van der Waals surface area (Å²) in [5, 5.41) is 18.3. The maximum absolute atomic E-state index is 12.2. The van der Waals surface area contributed by atoms with Gasteiger partial charge >= 0.3 is 0 Å². The van der Waals surface area contributed by atoms with Gasteiger partial charge in [-0.3, -0.25) is 9.89 Å². The second-order valence-electron chi connectivity index (χ2n) is 4.40. The second kappa shape index (κ2) is 6.72. The molecule has 0 bridgehead atoms. The van der Waals surface area contributed by atoms with E-state index in [-0.39, 0.29) is 18.3 Å². The number of oxime groups is 1. The third-order valence-corrected chi connectivity index (χ3v) is 2.75. The number of rotatable bonds is 6. The van der Waals surface area contributed by atoms with Crippen LogP contribution in [-0.2, 0) is 11.3 Å². The van der Waals surface area contributed by atoms with Crippen molar-refractivity contribution in [2.45, 2.75) is 33.2 Å². The molecule has 1 amide bonds. The lowest BCUT2D eigenvalue weighted by Crippen LogP contribution is -2.39. The molecule has 0 fully saturated rings. The van der Waals surface area contributed by atoms with Crippen LogP contribution in [0.4, 0.5) is 0 Å². The maximum atomic E-state index is 12.2. The molecule has 0 aliphatic carbocycles. The van der Waals surface area contributed by atoms with Crippen LogP contribution in [0.3, 0.4) is 0 Å². The predicted molar refractivity (Wildman–Crippen MR) is 69.4 cm³/mol. The van der Waals surface area contributed by atoms with E-state index < -0.39 is 5.92 Å². The molecule has 1 rings (SSSR count). The molecule has 106 valence electrons. The van der Waals surface area contributed by atoms with E-state index >= 15 is 0 Å². The van der Waals surface area contributed by atoms with Crippen LogP contribution < -0.4 is 5.73 Å². The molecule has 8 heteroatoms. The number of hydrogen-bond acceptors (Lipinski definition) is 5. The molecular formula is C11H20N6O2. The summed E-state index contributed by atoms with van der Waals surface area (Å²) < 4.78 is 0. The Morgan fingerprint density at radius 2 is 2.32 bits per heavy atom. The van der Waals surface area contributed by atoms with Gasteiger partial charge in [0.05, 0.1) is 12.5 Å². The first-order chi connectivity index (χ1) is 8.99. The molecule has 19 heavy (non-hydrogen) atoms. The van der Waals surface area contributed by atoms with Crippen LogP contribution in [0.1, 0.15) is 31.4 Å². The summed E-state index contributed by atoms with van der Waals surface area (Å²) in [6.07, 6.45) is 1.30. The first kappa shape index (κ1) is 14.9. The molecular weight excluding hydrogens is 248 g/mol. The molecule has 1 aromatic heterocycles. The van der Waals surface area contributed by atoms with Gasteiger partial charge in [-0.2, -0.15) is 5.10 Å². The van der Waals surface area contributed by atoms with E-state index in [1.54, 1.807) is 14.0 Å². The van der Waals surface area contributed by atoms with Crippen molar-refractivity contribution >= 4 is 11.7 Å². The van der Waals surface area contributed by atoms with Crippen LogP contribution >= 0.6 is 0 Å². The minimum Gasteiger partial charge on any atom is -0.409 e. The Bertz CT molecular complexity index is 456. The summed E-state index contributed by atoms with van der Waals surface area (Å²) in [7, 11) is 1.64. The van der Waals surface area contributed by atoms with Gasteiger partial charge in [-0.05, 0) is 13.3 Å². The number of amides is 1. The summed E-state index contributed by atoms with van der Waals surface area (Å²) in [5.41, 5.74) is 5.55. The number of amidine groups is 1. The molecule has 0 saturated heterocycles. The fourth-order valence-electron chi connectivity index (χ4n) is 1.77. The normalized spacial score (nSPS) is 13.3. The van der Waals surface area contributed by atoms with E-state index in [0.717, 1.165) is 6.42 Å². The average molecular weight is 268 g/mol. The van der Waals surface area contributed by atoms with Gasteiger partial charge in [0.2, 0.25) is 5.91 Å². The minimum absolute atomic E-state index is 0.0649. The number of nitrogens with one attached hydrogen (secondary N) is 1. The Morgan fingerprint density at radius 3 is 2.79 bits per heavy atom. The van der Waals surface area contributed by atoms with E-state index in [2.05, 4.69) is 20.3 Å². The molecule has 1 unspecified atom stereocenters. The van der Waals surface area contributed by atoms with Gasteiger partial charge in [0.25, 0.3) is 0 Å². The predicted octanol–water partition coefficient (Wildman–Crippen LogP) is 0.234. The highest BCUT2D eigenvalue weighted by Crippen LogP contribution is 2.11. The van der Waals surface area contributed by atoms with Crippen LogP contribution in [0.2, 0.25) is 0 Å². The summed E-state index contributed by atoms with van der Waals surface area (Å²) >= 11 is 0. The quantitative estimate of drug-likeness (QED) is 0.295. The monoisotopic (exact) mass is 268 g/mol. The van der Waals surface area contributed by atoms with Crippen LogP contribution in [-0.4, -0.2) is 44.1 Å². The van der Waals surface area contributed by atoms with Crippen molar-refractivity contribution in [1.29, 1.82) is 0 Å². The Balaban J connectivity index is 2.73. The summed E-state index contributed by atoms with van der Waals surface area (Å²) in [6.45, 7) is 4.00. The molecule has 0 aliphatic heterocycles. The molecule has 0 aliphatic rings. The molecule has 0 spiro atoms. The average Bonchev–Trinajstić information content (AvgIpc) is 2.79. The molecule has 0 saturated carbocycles. The van der Waals surface area contributed by atoms with Gasteiger partial charge in [0.15, 0.2) is 11.7 Å². The summed E-state index contributed by atoms with van der Waals surface area (Å²) in [4.78, 5) is 17.8. The Morgan fingerprint density at radius 1 is 1.63 bits per heavy atom. The SMILES string of the molecule is CCCC(C(=O)N(C)Cc1n[nH]c(C)n1)C(N)=NO. The lowest BCUT2D eigenvalue weighted by Gasteiger charge is -2.21. The van der Waals surface area contributed by atoms with E-state index in [1.165, 1.54) is 4.90 Å². The van der Waals surface area contributed by atoms with Crippen LogP contribution in [0.15, 0.2) is 5.16 Å². The van der Waals surface area contributed by atoms with Crippen molar-refractivity contribution in [3.05, 3.63) is 11.6 Å². The Labute approximate surface area is 111 Å². The van der Waals surface area contributed by atoms with Crippen LogP contribution in [0.5, 0.6) is 0 Å². The van der Waals surface area contributed by atoms with Crippen molar-refractivity contribution < 1.29 is 10.0 Å². The van der Waals surface area contributed by atoms with Gasteiger partial charge < -0.3 is 15.8 Å². The standard InChI is InChI=1S/C11H20N6O2/c1-4-5-8(10(12)16-19)11(18)17(3)6-9-13-7(2)14-15-9/h8,19H,4-6H2,1-3H3,(H2,12,16)(H,13,14,15). The number of carbonyl (C=O) groups excluding carboxylic acids is 1. The topological polar surface area (TPSA) is 120 Å². The van der Waals surface area contributed by atoms with Gasteiger partial charge in [-0.25, -0.2) is 4.98 Å². The molecule has 8 nitrogen and oxygen atoms in total. The van der Waals surface area contributed by atoms with Crippen LogP contribution in [0, 0.1) is 12.8 Å². The zero-order valence-electron chi connectivity index (χ0n) is 11.4. The summed E-state index contributed by atoms with van der Waals surface area (Å²) in [6, 6.07) is 0. The maximum Gasteiger partial charge on any atom is 0.233 e. The zero-order chi connectivity index (χ0) is 14.4. The number of carbonyl (C=O) groups is 1. The number of hydrogen-bond donors (Lipinski definition) is 3. The van der Waals surface area contributed by atoms with Crippen molar-refractivity contribution in [2.75, 3.05) is 7.05 Å². The highest BCUT2D eigenvalue weighted by atomic mass is 16.4. The molecule has 1 atom stereocenters. The fourth-order valence-corrected chi connectivity index (χ4v) is 1.77. The van der Waals surface area contributed by atoms with Crippen molar-refractivity contribution in [2.24, 2.45) is 16.8 Å². The van der Waals surface area contributed by atoms with Gasteiger partial charge in [-0.1, -0.05) is 18.5 Å². The number of aromatic amines is 1. The van der Waals surface area contributed by atoms with Gasteiger partial charge in [-0.15, -0.1) is 0 Å². The van der Waals surface area contributed by atoms with Crippen molar-refractivity contribution in [1.82, 2.24) is 20.1 Å². The van der Waals surface area contributed by atoms with Gasteiger partial charge in [0, 0.05) is 7.05 Å². The van der Waals surface area contributed by atoms with E-state index in [0.29, 0.717) is 18.1 Å². The highest BCUT2D eigenvalue weighted by Gasteiger charge is 2.26. The summed E-state index contributed by atoms with van der Waals surface area (Å²) in [5.74, 6) is 0.338. The third kappa shape index (κ3) is 3.94. The molecule has 1 heterocycles. The fraction of sp³-hybridized carbons (Fsp3) is 0.636. The first-order valence-electron chi connectivity index (χ1n) is 6.09. The van der Waals surface area contributed by atoms with Gasteiger partial charge in [0.1, 0.15) is 5.82 Å². The third-order valence-electron chi connectivity index (χ3n) is 2.75. The first-order valence-corrected chi connectivity index (χ1v) is 6.09. The second-order valence-corrected chi connectivity index (χ2v) is 4.40. The van der Waals surface area contributed by atoms with E-state index in [4.69, 9.17) is 10.9 Å². The highest BCUT2D eigenvalue weighted by molar-refractivity contribution is 6.01. The number of H-pyrrole nitrogens is 1. The number of aromatic nitrogens is 3. The van der Waals surface area contributed by atoms with Crippen molar-refractivity contribution in [3.63, 3.8) is 0 Å². The number of nitrogens with zero attached hydrogens (tertiary/aromatic N) is 4. The van der Waals surface area contributed by atoms with E-state index in [1.807, 2.05) is 6.92 Å². The largest absolute Gasteiger partial charge is 0.409 e. The number of nitrogens with two attached hydrogens (primary N) is 1. The zero-order valence-corrected chi connectivity index (χ0v) is 11.4. The smallest absolute Gasteiger partial charge is 0.233 e. The Hall–Kier alpha value is -2.12. The lowest BCUT2D eigenvalue weighted by molar-refractivity contribution is -0.132. The van der Waals surface area contributed by atoms with E-state index in [9.17, 15) is 4.79 Å². The minimum atomic E-state index is -0.611. The molecule has 0 radical (unpaired) electrons. The van der Waals surface area contributed by atoms with Crippen LogP contribution in [0.25, 0.3) is 0 Å². The molecule has 0 aromatic carbocycles.